The van der Waals surface area contributed by atoms with Gasteiger partial charge in [-0.2, -0.15) is 0 Å². The monoisotopic (exact) mass is 335 g/mol. The van der Waals surface area contributed by atoms with Crippen LogP contribution >= 0.6 is 0 Å². The van der Waals surface area contributed by atoms with Gasteiger partial charge >= 0.3 is 0 Å². The van der Waals surface area contributed by atoms with Crippen molar-refractivity contribution >= 4 is 17.3 Å². The Hall–Kier alpha value is -2.51. The van der Waals surface area contributed by atoms with Crippen LogP contribution < -0.4 is 5.32 Å². The van der Waals surface area contributed by atoms with Gasteiger partial charge in [0.2, 0.25) is 0 Å². The van der Waals surface area contributed by atoms with Crippen molar-refractivity contribution in [3.05, 3.63) is 43.5 Å². The summed E-state index contributed by atoms with van der Waals surface area (Å²) >= 11 is 0. The molecule has 0 heterocycles. The summed E-state index contributed by atoms with van der Waals surface area (Å²) < 4.78 is 0. The Balaban J connectivity index is 2.34. The van der Waals surface area contributed by atoms with Gasteiger partial charge in [-0.15, -0.1) is 0 Å². The van der Waals surface area contributed by atoms with E-state index in [1.165, 1.54) is 6.92 Å². The zero-order valence-corrected chi connectivity index (χ0v) is 14.0. The second-order valence-electron chi connectivity index (χ2n) is 6.85. The maximum atomic E-state index is 12.6. The molecule has 0 spiro atoms. The largest absolute Gasteiger partial charge is 0.347 e. The summed E-state index contributed by atoms with van der Waals surface area (Å²) in [6.07, 6.45) is 3.61. The lowest BCUT2D eigenvalue weighted by molar-refractivity contribution is -0.394. The quantitative estimate of drug-likeness (QED) is 0.667. The summed E-state index contributed by atoms with van der Waals surface area (Å²) in [6.45, 7) is 5.54. The summed E-state index contributed by atoms with van der Waals surface area (Å²) in [7, 11) is 0. The number of carbonyl (C=O) groups is 1. The van der Waals surface area contributed by atoms with E-state index in [1.54, 1.807) is 0 Å². The topological polar surface area (TPSA) is 115 Å². The Morgan fingerprint density at radius 2 is 1.79 bits per heavy atom. The first kappa shape index (κ1) is 17.8. The predicted octanol–water partition coefficient (Wildman–Crippen LogP) is 3.51. The Morgan fingerprint density at radius 1 is 1.21 bits per heavy atom. The number of nitrogens with zero attached hydrogens (tertiary/aromatic N) is 2. The molecule has 24 heavy (non-hydrogen) atoms. The number of nitro groups is 2. The van der Waals surface area contributed by atoms with Crippen LogP contribution in [0.1, 0.15) is 55.5 Å². The van der Waals surface area contributed by atoms with Crippen LogP contribution in [0.4, 0.5) is 11.4 Å². The lowest BCUT2D eigenvalue weighted by atomic mass is 9.78. The minimum Gasteiger partial charge on any atom is -0.347 e. The molecular formula is C16H21N3O5. The van der Waals surface area contributed by atoms with E-state index in [-0.39, 0.29) is 11.1 Å². The summed E-state index contributed by atoms with van der Waals surface area (Å²) in [5, 5.41) is 25.0. The van der Waals surface area contributed by atoms with Crippen LogP contribution in [0.2, 0.25) is 0 Å². The fraction of sp³-hybridized carbons (Fsp3) is 0.562. The van der Waals surface area contributed by atoms with E-state index >= 15 is 0 Å². The fourth-order valence-electron chi connectivity index (χ4n) is 3.08. The molecule has 0 unspecified atom stereocenters. The van der Waals surface area contributed by atoms with Gasteiger partial charge in [-0.25, -0.2) is 0 Å². The van der Waals surface area contributed by atoms with Gasteiger partial charge in [-0.1, -0.05) is 6.92 Å². The van der Waals surface area contributed by atoms with Gasteiger partial charge in [-0.3, -0.25) is 25.0 Å². The molecule has 1 aromatic rings. The molecule has 1 saturated carbocycles. The molecule has 2 rings (SSSR count). The Kier molecular flexibility index (Phi) is 4.86. The van der Waals surface area contributed by atoms with E-state index in [1.807, 2.05) is 6.92 Å². The van der Waals surface area contributed by atoms with Crippen molar-refractivity contribution < 1.29 is 14.6 Å². The highest BCUT2D eigenvalue weighted by molar-refractivity contribution is 5.97. The minimum absolute atomic E-state index is 0.0178. The van der Waals surface area contributed by atoms with Gasteiger partial charge in [0.05, 0.1) is 21.5 Å². The second kappa shape index (κ2) is 6.54. The summed E-state index contributed by atoms with van der Waals surface area (Å²) in [4.78, 5) is 33.3. The van der Waals surface area contributed by atoms with Crippen molar-refractivity contribution in [1.82, 2.24) is 5.32 Å². The Morgan fingerprint density at radius 3 is 2.29 bits per heavy atom. The molecule has 1 N–H and O–H groups in total. The number of benzene rings is 1. The fourth-order valence-corrected chi connectivity index (χ4v) is 3.08. The number of nitrogens with one attached hydrogen (secondary N) is 1. The standard InChI is InChI=1S/C16H21N3O5/c1-10-4-6-16(3,7-5-10)17-15(20)13-8-12(18(21)22)9-14(11(13)2)19(23)24/h8-10H,4-7H2,1-3H3,(H,17,20). The number of rotatable bonds is 4. The first-order valence-corrected chi connectivity index (χ1v) is 7.89. The lowest BCUT2D eigenvalue weighted by Crippen LogP contribution is -2.48. The van der Waals surface area contributed by atoms with Crippen LogP contribution in [0.5, 0.6) is 0 Å². The molecule has 0 radical (unpaired) electrons. The normalized spacial score (nSPS) is 23.5. The number of carbonyl (C=O) groups excluding carboxylic acids is 1. The summed E-state index contributed by atoms with van der Waals surface area (Å²) in [6, 6.07) is 1.99. The lowest BCUT2D eigenvalue weighted by Gasteiger charge is -2.37. The Bertz CT molecular complexity index is 693. The number of hydrogen-bond acceptors (Lipinski definition) is 5. The predicted molar refractivity (Wildman–Crippen MR) is 88.0 cm³/mol. The second-order valence-corrected chi connectivity index (χ2v) is 6.85. The van der Waals surface area contributed by atoms with Crippen LogP contribution in [0.3, 0.4) is 0 Å². The van der Waals surface area contributed by atoms with E-state index in [9.17, 15) is 25.0 Å². The van der Waals surface area contributed by atoms with E-state index in [2.05, 4.69) is 12.2 Å². The number of amides is 1. The molecule has 8 nitrogen and oxygen atoms in total. The van der Waals surface area contributed by atoms with Crippen LogP contribution in [0.15, 0.2) is 12.1 Å². The molecule has 1 fully saturated rings. The molecule has 1 amide bonds. The van der Waals surface area contributed by atoms with Crippen LogP contribution in [-0.2, 0) is 0 Å². The third kappa shape index (κ3) is 3.69. The molecule has 1 aliphatic carbocycles. The van der Waals surface area contributed by atoms with Crippen molar-refractivity contribution in [2.45, 2.75) is 52.0 Å². The average Bonchev–Trinajstić information content (AvgIpc) is 2.50. The third-order valence-electron chi connectivity index (χ3n) is 4.81. The summed E-state index contributed by atoms with van der Waals surface area (Å²) in [5.74, 6) is 0.104. The van der Waals surface area contributed by atoms with Crippen LogP contribution in [0.25, 0.3) is 0 Å². The van der Waals surface area contributed by atoms with Gasteiger partial charge in [0.15, 0.2) is 0 Å². The molecule has 8 heteroatoms. The molecule has 1 aromatic carbocycles. The number of non-ortho nitro benzene ring substituents is 1. The number of hydrogen-bond donors (Lipinski definition) is 1. The minimum atomic E-state index is -0.729. The van der Waals surface area contributed by atoms with Crippen molar-refractivity contribution in [3.8, 4) is 0 Å². The van der Waals surface area contributed by atoms with E-state index in [0.717, 1.165) is 37.8 Å². The van der Waals surface area contributed by atoms with Gasteiger partial charge in [-0.05, 0) is 45.4 Å². The first-order valence-electron chi connectivity index (χ1n) is 7.89. The molecule has 0 aliphatic heterocycles. The van der Waals surface area contributed by atoms with Crippen molar-refractivity contribution in [2.24, 2.45) is 5.92 Å². The molecule has 0 atom stereocenters. The molecular weight excluding hydrogens is 314 g/mol. The first-order chi connectivity index (χ1) is 11.1. The van der Waals surface area contributed by atoms with Crippen molar-refractivity contribution in [3.63, 3.8) is 0 Å². The van der Waals surface area contributed by atoms with E-state index in [4.69, 9.17) is 0 Å². The smallest absolute Gasteiger partial charge is 0.279 e. The van der Waals surface area contributed by atoms with Crippen LogP contribution in [0, 0.1) is 33.1 Å². The molecule has 130 valence electrons. The van der Waals surface area contributed by atoms with Crippen molar-refractivity contribution in [1.29, 1.82) is 0 Å². The number of nitro benzene ring substituents is 2. The zero-order chi connectivity index (χ0) is 18.1. The van der Waals surface area contributed by atoms with Gasteiger partial charge < -0.3 is 5.32 Å². The van der Waals surface area contributed by atoms with Gasteiger partial charge in [0.1, 0.15) is 0 Å². The highest BCUT2D eigenvalue weighted by Crippen LogP contribution is 2.33. The van der Waals surface area contributed by atoms with Gasteiger partial charge in [0, 0.05) is 17.2 Å². The molecule has 0 bridgehead atoms. The molecule has 1 aliphatic rings. The summed E-state index contributed by atoms with van der Waals surface area (Å²) in [5.41, 5.74) is -1.15. The zero-order valence-electron chi connectivity index (χ0n) is 14.0. The maximum absolute atomic E-state index is 12.6. The van der Waals surface area contributed by atoms with E-state index < -0.39 is 32.7 Å². The third-order valence-corrected chi connectivity index (χ3v) is 4.81. The van der Waals surface area contributed by atoms with Gasteiger partial charge in [0.25, 0.3) is 17.3 Å². The maximum Gasteiger partial charge on any atom is 0.279 e. The SMILES string of the molecule is Cc1c(C(=O)NC2(C)CCC(C)CC2)cc([N+](=O)[O-])cc1[N+](=O)[O-]. The molecule has 0 saturated heterocycles. The Labute approximate surface area is 139 Å². The highest BCUT2D eigenvalue weighted by atomic mass is 16.6. The molecule has 0 aromatic heterocycles. The average molecular weight is 335 g/mol. The highest BCUT2D eigenvalue weighted by Gasteiger charge is 2.33. The van der Waals surface area contributed by atoms with Crippen LogP contribution in [-0.4, -0.2) is 21.3 Å². The van der Waals surface area contributed by atoms with Crippen molar-refractivity contribution in [2.75, 3.05) is 0 Å². The van der Waals surface area contributed by atoms with E-state index in [0.29, 0.717) is 5.92 Å².